The van der Waals surface area contributed by atoms with E-state index in [4.69, 9.17) is 27.9 Å². The van der Waals surface area contributed by atoms with Crippen molar-refractivity contribution in [3.63, 3.8) is 0 Å². The van der Waals surface area contributed by atoms with Gasteiger partial charge in [0.15, 0.2) is 0 Å². The maximum atomic E-state index is 6.07. The van der Waals surface area contributed by atoms with Gasteiger partial charge in [-0.05, 0) is 37.6 Å². The molecule has 0 fully saturated rings. The summed E-state index contributed by atoms with van der Waals surface area (Å²) in [6.07, 6.45) is 0.893. The number of rotatable bonds is 6. The lowest BCUT2D eigenvalue weighted by molar-refractivity contribution is 0.172. The highest BCUT2D eigenvalue weighted by molar-refractivity contribution is 6.35. The first-order valence-corrected chi connectivity index (χ1v) is 6.05. The molecule has 1 aromatic carbocycles. The fraction of sp³-hybridized carbons (Fsp3) is 0.500. The van der Waals surface area contributed by atoms with E-state index in [0.717, 1.165) is 23.6 Å². The molecule has 0 aliphatic carbocycles. The van der Waals surface area contributed by atoms with Gasteiger partial charge in [-0.3, -0.25) is 0 Å². The van der Waals surface area contributed by atoms with Gasteiger partial charge in [-0.1, -0.05) is 29.3 Å². The van der Waals surface area contributed by atoms with Gasteiger partial charge in [0.05, 0.1) is 6.61 Å². The van der Waals surface area contributed by atoms with Gasteiger partial charge in [0.2, 0.25) is 0 Å². The number of ether oxygens (including phenoxy) is 1. The second-order valence-electron chi connectivity index (χ2n) is 3.80. The molecule has 0 aliphatic heterocycles. The minimum absolute atomic E-state index is 0.357. The minimum atomic E-state index is 0.357. The Balaban J connectivity index is 2.37. The molecule has 0 amide bonds. The largest absolute Gasteiger partial charge is 0.383 e. The van der Waals surface area contributed by atoms with Crippen molar-refractivity contribution in [3.8, 4) is 0 Å². The lowest BCUT2D eigenvalue weighted by Crippen LogP contribution is -2.31. The van der Waals surface area contributed by atoms with Crippen molar-refractivity contribution < 1.29 is 4.74 Å². The van der Waals surface area contributed by atoms with Crippen molar-refractivity contribution in [1.29, 1.82) is 0 Å². The van der Waals surface area contributed by atoms with Gasteiger partial charge in [0, 0.05) is 23.2 Å². The molecule has 1 aromatic rings. The molecule has 1 unspecified atom stereocenters. The molecule has 1 N–H and O–H groups in total. The lowest BCUT2D eigenvalue weighted by atomic mass is 10.1. The number of methoxy groups -OCH3 is 1. The zero-order chi connectivity index (χ0) is 12.0. The maximum absolute atomic E-state index is 6.07. The third-order valence-electron chi connectivity index (χ3n) is 2.32. The first kappa shape index (κ1) is 13.8. The normalized spacial score (nSPS) is 12.8. The molecule has 0 spiro atoms. The molecule has 1 atom stereocenters. The molecular formula is C12H17Cl2NO. The number of nitrogens with one attached hydrogen (secondary N) is 1. The maximum Gasteiger partial charge on any atom is 0.0613 e. The van der Waals surface area contributed by atoms with E-state index in [1.807, 2.05) is 12.1 Å². The predicted octanol–water partition coefficient (Wildman–Crippen LogP) is 3.16. The van der Waals surface area contributed by atoms with E-state index in [9.17, 15) is 0 Å². The summed E-state index contributed by atoms with van der Waals surface area (Å²) in [4.78, 5) is 0. The summed E-state index contributed by atoms with van der Waals surface area (Å²) >= 11 is 11.9. The van der Waals surface area contributed by atoms with Gasteiger partial charge in [-0.2, -0.15) is 0 Å². The zero-order valence-corrected chi connectivity index (χ0v) is 11.1. The molecule has 1 rings (SSSR count). The lowest BCUT2D eigenvalue weighted by Gasteiger charge is -2.12. The third kappa shape index (κ3) is 4.71. The van der Waals surface area contributed by atoms with Crippen LogP contribution in [0.5, 0.6) is 0 Å². The van der Waals surface area contributed by atoms with Crippen LogP contribution in [0.4, 0.5) is 0 Å². The Labute approximate surface area is 107 Å². The Hall–Kier alpha value is -0.280. The van der Waals surface area contributed by atoms with Crippen LogP contribution in [0.2, 0.25) is 10.0 Å². The third-order valence-corrected chi connectivity index (χ3v) is 2.91. The van der Waals surface area contributed by atoms with Crippen LogP contribution in [0, 0.1) is 0 Å². The summed E-state index contributed by atoms with van der Waals surface area (Å²) in [6, 6.07) is 5.96. The summed E-state index contributed by atoms with van der Waals surface area (Å²) in [5.41, 5.74) is 1.11. The number of hydrogen-bond donors (Lipinski definition) is 1. The Morgan fingerprint density at radius 1 is 1.38 bits per heavy atom. The quantitative estimate of drug-likeness (QED) is 0.850. The van der Waals surface area contributed by atoms with Crippen LogP contribution in [0.15, 0.2) is 18.2 Å². The van der Waals surface area contributed by atoms with Gasteiger partial charge in [-0.15, -0.1) is 0 Å². The number of halogens is 2. The van der Waals surface area contributed by atoms with Crippen molar-refractivity contribution in [2.24, 2.45) is 0 Å². The van der Waals surface area contributed by atoms with Gasteiger partial charge in [0.1, 0.15) is 0 Å². The zero-order valence-electron chi connectivity index (χ0n) is 9.59. The summed E-state index contributed by atoms with van der Waals surface area (Å²) in [7, 11) is 1.70. The van der Waals surface area contributed by atoms with Crippen LogP contribution in [0.1, 0.15) is 12.5 Å². The highest BCUT2D eigenvalue weighted by Gasteiger charge is 2.03. The molecule has 0 radical (unpaired) electrons. The summed E-state index contributed by atoms with van der Waals surface area (Å²) in [6.45, 7) is 3.69. The standard InChI is InChI=1S/C12H17Cl2NO/c1-9(8-16-2)15-6-5-10-3-4-11(13)7-12(10)14/h3-4,7,9,15H,5-6,8H2,1-2H3. The second-order valence-corrected chi connectivity index (χ2v) is 4.64. The molecule has 0 saturated heterocycles. The first-order valence-electron chi connectivity index (χ1n) is 5.29. The van der Waals surface area contributed by atoms with Crippen molar-refractivity contribution >= 4 is 23.2 Å². The SMILES string of the molecule is COCC(C)NCCc1ccc(Cl)cc1Cl. The average molecular weight is 262 g/mol. The smallest absolute Gasteiger partial charge is 0.0613 e. The van der Waals surface area contributed by atoms with Crippen molar-refractivity contribution in [1.82, 2.24) is 5.32 Å². The molecule has 0 heterocycles. The Bertz CT molecular complexity index is 331. The number of hydrogen-bond acceptors (Lipinski definition) is 2. The van der Waals surface area contributed by atoms with Crippen LogP contribution >= 0.6 is 23.2 Å². The highest BCUT2D eigenvalue weighted by Crippen LogP contribution is 2.20. The molecule has 0 aliphatic rings. The highest BCUT2D eigenvalue weighted by atomic mass is 35.5. The van der Waals surface area contributed by atoms with Crippen molar-refractivity contribution in [2.45, 2.75) is 19.4 Å². The molecule has 0 bridgehead atoms. The molecule has 0 saturated carbocycles. The van der Waals surface area contributed by atoms with E-state index >= 15 is 0 Å². The molecule has 0 aromatic heterocycles. The summed E-state index contributed by atoms with van der Waals surface area (Å²) in [5.74, 6) is 0. The molecule has 2 nitrogen and oxygen atoms in total. The molecular weight excluding hydrogens is 245 g/mol. The number of benzene rings is 1. The van der Waals surface area contributed by atoms with E-state index < -0.39 is 0 Å². The Kier molecular flexibility index (Phi) is 6.14. The minimum Gasteiger partial charge on any atom is -0.383 e. The van der Waals surface area contributed by atoms with Crippen molar-refractivity contribution in [3.05, 3.63) is 33.8 Å². The topological polar surface area (TPSA) is 21.3 Å². The van der Waals surface area contributed by atoms with E-state index in [0.29, 0.717) is 17.7 Å². The van der Waals surface area contributed by atoms with Gasteiger partial charge < -0.3 is 10.1 Å². The summed E-state index contributed by atoms with van der Waals surface area (Å²) in [5, 5.41) is 4.76. The van der Waals surface area contributed by atoms with Crippen LogP contribution in [0.3, 0.4) is 0 Å². The van der Waals surface area contributed by atoms with Gasteiger partial charge >= 0.3 is 0 Å². The second kappa shape index (κ2) is 7.13. The van der Waals surface area contributed by atoms with Gasteiger partial charge in [0.25, 0.3) is 0 Å². The molecule has 4 heteroatoms. The van der Waals surface area contributed by atoms with E-state index in [-0.39, 0.29) is 0 Å². The van der Waals surface area contributed by atoms with E-state index in [1.165, 1.54) is 0 Å². The first-order chi connectivity index (χ1) is 7.63. The van der Waals surface area contributed by atoms with Crippen LogP contribution in [-0.4, -0.2) is 26.3 Å². The average Bonchev–Trinajstić information content (AvgIpc) is 2.22. The Morgan fingerprint density at radius 3 is 2.75 bits per heavy atom. The van der Waals surface area contributed by atoms with E-state index in [1.54, 1.807) is 13.2 Å². The van der Waals surface area contributed by atoms with Crippen LogP contribution in [-0.2, 0) is 11.2 Å². The fourth-order valence-corrected chi connectivity index (χ4v) is 1.99. The summed E-state index contributed by atoms with van der Waals surface area (Å²) < 4.78 is 5.04. The molecule has 16 heavy (non-hydrogen) atoms. The fourth-order valence-electron chi connectivity index (χ4n) is 1.49. The van der Waals surface area contributed by atoms with Crippen LogP contribution < -0.4 is 5.32 Å². The Morgan fingerprint density at radius 2 is 2.12 bits per heavy atom. The van der Waals surface area contributed by atoms with Gasteiger partial charge in [-0.25, -0.2) is 0 Å². The van der Waals surface area contributed by atoms with Crippen molar-refractivity contribution in [2.75, 3.05) is 20.3 Å². The van der Waals surface area contributed by atoms with E-state index in [2.05, 4.69) is 12.2 Å². The predicted molar refractivity (Wildman–Crippen MR) is 69.5 cm³/mol. The monoisotopic (exact) mass is 261 g/mol. The molecule has 90 valence electrons. The van der Waals surface area contributed by atoms with Crippen LogP contribution in [0.25, 0.3) is 0 Å².